The first-order chi connectivity index (χ1) is 15.7. The van der Waals surface area contributed by atoms with Gasteiger partial charge in [-0.25, -0.2) is 14.3 Å². The fourth-order valence-corrected chi connectivity index (χ4v) is 4.41. The van der Waals surface area contributed by atoms with Crippen molar-refractivity contribution in [3.8, 4) is 11.3 Å². The molecule has 1 aliphatic carbocycles. The Morgan fingerprint density at radius 2 is 2.12 bits per heavy atom. The van der Waals surface area contributed by atoms with Crippen molar-refractivity contribution < 1.29 is 14.3 Å². The molecule has 32 heavy (non-hydrogen) atoms. The van der Waals surface area contributed by atoms with E-state index in [9.17, 15) is 9.59 Å². The van der Waals surface area contributed by atoms with Gasteiger partial charge in [-0.2, -0.15) is 5.10 Å². The summed E-state index contributed by atoms with van der Waals surface area (Å²) in [6.07, 6.45) is 9.38. The Bertz CT molecular complexity index is 1310. The topological polar surface area (TPSA) is 85.6 Å². The molecule has 8 heteroatoms. The molecule has 1 unspecified atom stereocenters. The van der Waals surface area contributed by atoms with Gasteiger partial charge in [-0.15, -0.1) is 11.3 Å². The van der Waals surface area contributed by atoms with Gasteiger partial charge in [-0.3, -0.25) is 10.1 Å². The van der Waals surface area contributed by atoms with Gasteiger partial charge in [0.2, 0.25) is 5.78 Å². The zero-order chi connectivity index (χ0) is 21.9. The van der Waals surface area contributed by atoms with Gasteiger partial charge in [0.05, 0.1) is 22.3 Å². The number of aromatic nitrogens is 3. The number of hydrogen-bond acceptors (Lipinski definition) is 6. The quantitative estimate of drug-likeness (QED) is 0.331. The lowest BCUT2D eigenvalue weighted by atomic mass is 10.1. The molecule has 0 saturated carbocycles. The Morgan fingerprint density at radius 1 is 1.19 bits per heavy atom. The van der Waals surface area contributed by atoms with Gasteiger partial charge in [-0.05, 0) is 55.0 Å². The van der Waals surface area contributed by atoms with Crippen LogP contribution in [0.2, 0.25) is 0 Å². The zero-order valence-corrected chi connectivity index (χ0v) is 17.9. The van der Waals surface area contributed by atoms with E-state index in [2.05, 4.69) is 15.4 Å². The smallest absolute Gasteiger partial charge is 0.412 e. The Hall–Kier alpha value is -3.78. The number of nitrogens with zero attached hydrogens (tertiary/aromatic N) is 3. The summed E-state index contributed by atoms with van der Waals surface area (Å²) in [5.74, 6) is -0.102. The van der Waals surface area contributed by atoms with Gasteiger partial charge in [-0.1, -0.05) is 24.3 Å². The SMILES string of the molecule is O=C(Nc1cccc(-c2ccnc3c(C(=O)c4cccs4)cnn23)c1)OC1C=CCCC1. The number of amides is 1. The van der Waals surface area contributed by atoms with Crippen LogP contribution in [0.5, 0.6) is 0 Å². The highest BCUT2D eigenvalue weighted by Crippen LogP contribution is 2.25. The minimum absolute atomic E-state index is 0.102. The van der Waals surface area contributed by atoms with Crippen LogP contribution >= 0.6 is 11.3 Å². The van der Waals surface area contributed by atoms with Gasteiger partial charge < -0.3 is 4.74 Å². The third kappa shape index (κ3) is 4.04. The average molecular weight is 445 g/mol. The van der Waals surface area contributed by atoms with E-state index in [1.807, 2.05) is 47.9 Å². The summed E-state index contributed by atoms with van der Waals surface area (Å²) >= 11 is 1.39. The number of nitrogens with one attached hydrogen (secondary N) is 1. The number of anilines is 1. The van der Waals surface area contributed by atoms with E-state index in [0.29, 0.717) is 21.8 Å². The zero-order valence-electron chi connectivity index (χ0n) is 17.1. The van der Waals surface area contributed by atoms with Crippen molar-refractivity contribution in [2.75, 3.05) is 5.32 Å². The highest BCUT2D eigenvalue weighted by Gasteiger charge is 2.19. The molecule has 0 spiro atoms. The first kappa shape index (κ1) is 20.1. The van der Waals surface area contributed by atoms with Gasteiger partial charge in [0.1, 0.15) is 6.10 Å². The largest absolute Gasteiger partial charge is 0.442 e. The van der Waals surface area contributed by atoms with E-state index in [-0.39, 0.29) is 11.9 Å². The second-order valence-electron chi connectivity index (χ2n) is 7.44. The lowest BCUT2D eigenvalue weighted by Crippen LogP contribution is -2.22. The Labute approximate surface area is 188 Å². The van der Waals surface area contributed by atoms with Crippen molar-refractivity contribution in [3.05, 3.63) is 82.8 Å². The Kier molecular flexibility index (Phi) is 5.51. The van der Waals surface area contributed by atoms with Crippen molar-refractivity contribution in [2.45, 2.75) is 25.4 Å². The van der Waals surface area contributed by atoms with E-state index >= 15 is 0 Å². The maximum absolute atomic E-state index is 12.8. The van der Waals surface area contributed by atoms with Gasteiger partial charge >= 0.3 is 6.09 Å². The number of rotatable bonds is 5. The van der Waals surface area contributed by atoms with Gasteiger partial charge in [0.15, 0.2) is 5.65 Å². The van der Waals surface area contributed by atoms with Crippen molar-refractivity contribution in [3.63, 3.8) is 0 Å². The van der Waals surface area contributed by atoms with Gasteiger partial charge in [0.25, 0.3) is 0 Å². The molecule has 0 fully saturated rings. The van der Waals surface area contributed by atoms with Crippen LogP contribution in [0.1, 0.15) is 34.5 Å². The number of fused-ring (bicyclic) bond motifs is 1. The maximum Gasteiger partial charge on any atom is 0.412 e. The number of hydrogen-bond donors (Lipinski definition) is 1. The molecule has 0 saturated heterocycles. The summed E-state index contributed by atoms with van der Waals surface area (Å²) in [6.45, 7) is 0. The number of ketones is 1. The Morgan fingerprint density at radius 3 is 2.94 bits per heavy atom. The molecule has 1 N–H and O–H groups in total. The van der Waals surface area contributed by atoms with E-state index in [4.69, 9.17) is 4.74 Å². The van der Waals surface area contributed by atoms with Crippen LogP contribution in [0.15, 0.2) is 72.4 Å². The second-order valence-corrected chi connectivity index (χ2v) is 8.39. The molecule has 0 radical (unpaired) electrons. The second kappa shape index (κ2) is 8.76. The fourth-order valence-electron chi connectivity index (χ4n) is 3.73. The van der Waals surface area contributed by atoms with Gasteiger partial charge in [0, 0.05) is 17.4 Å². The molecule has 1 atom stereocenters. The normalized spacial score (nSPS) is 15.6. The number of thiophene rings is 1. The lowest BCUT2D eigenvalue weighted by Gasteiger charge is -2.17. The van der Waals surface area contributed by atoms with Crippen LogP contribution in [0.25, 0.3) is 16.9 Å². The molecule has 160 valence electrons. The fraction of sp³-hybridized carbons (Fsp3) is 0.167. The highest BCUT2D eigenvalue weighted by atomic mass is 32.1. The first-order valence-corrected chi connectivity index (χ1v) is 11.2. The molecular formula is C24H20N4O3S. The molecule has 0 aliphatic heterocycles. The summed E-state index contributed by atoms with van der Waals surface area (Å²) < 4.78 is 7.12. The number of ether oxygens (including phenoxy) is 1. The molecule has 3 heterocycles. The molecule has 7 nitrogen and oxygen atoms in total. The molecule has 5 rings (SSSR count). The van der Waals surface area contributed by atoms with Crippen molar-refractivity contribution in [1.82, 2.24) is 14.6 Å². The molecule has 1 aliphatic rings. The number of allylic oxidation sites excluding steroid dienone is 1. The van der Waals surface area contributed by atoms with Crippen LogP contribution < -0.4 is 5.32 Å². The number of carbonyl (C=O) groups is 2. The monoisotopic (exact) mass is 444 g/mol. The molecule has 1 aromatic carbocycles. The molecule has 4 aromatic rings. The average Bonchev–Trinajstić information content (AvgIpc) is 3.50. The summed E-state index contributed by atoms with van der Waals surface area (Å²) in [4.78, 5) is 30.1. The molecule has 1 amide bonds. The third-order valence-corrected chi connectivity index (χ3v) is 6.13. The molecule has 3 aromatic heterocycles. The maximum atomic E-state index is 12.8. The van der Waals surface area contributed by atoms with Crippen molar-refractivity contribution in [1.29, 1.82) is 0 Å². The highest BCUT2D eigenvalue weighted by molar-refractivity contribution is 7.12. The van der Waals surface area contributed by atoms with Crippen LogP contribution in [0, 0.1) is 0 Å². The van der Waals surface area contributed by atoms with Crippen LogP contribution in [-0.4, -0.2) is 32.6 Å². The molecular weight excluding hydrogens is 424 g/mol. The summed E-state index contributed by atoms with van der Waals surface area (Å²) in [6, 6.07) is 12.9. The predicted molar refractivity (Wildman–Crippen MR) is 123 cm³/mol. The predicted octanol–water partition coefficient (Wildman–Crippen LogP) is 5.35. The summed E-state index contributed by atoms with van der Waals surface area (Å²) in [5.41, 5.74) is 3.13. The van der Waals surface area contributed by atoms with E-state index < -0.39 is 6.09 Å². The summed E-state index contributed by atoms with van der Waals surface area (Å²) in [5, 5.41) is 9.08. The van der Waals surface area contributed by atoms with Crippen molar-refractivity contribution in [2.24, 2.45) is 0 Å². The first-order valence-electron chi connectivity index (χ1n) is 10.3. The number of benzene rings is 1. The number of carbonyl (C=O) groups excluding carboxylic acids is 2. The van der Waals surface area contributed by atoms with E-state index in [0.717, 1.165) is 30.5 Å². The van der Waals surface area contributed by atoms with Crippen molar-refractivity contribution >= 4 is 34.5 Å². The third-order valence-electron chi connectivity index (χ3n) is 5.26. The van der Waals surface area contributed by atoms with Crippen LogP contribution in [-0.2, 0) is 4.74 Å². The molecule has 0 bridgehead atoms. The van der Waals surface area contributed by atoms with Crippen LogP contribution in [0.3, 0.4) is 0 Å². The Balaban J connectivity index is 1.41. The minimum Gasteiger partial charge on any atom is -0.442 e. The summed E-state index contributed by atoms with van der Waals surface area (Å²) in [7, 11) is 0. The van der Waals surface area contributed by atoms with Crippen LogP contribution in [0.4, 0.5) is 10.5 Å². The standard InChI is InChI=1S/C24H20N4O3S/c29-22(21-10-5-13-32-21)19-15-26-28-20(11-12-25-23(19)28)16-6-4-7-17(14-16)27-24(30)31-18-8-2-1-3-9-18/h2,4-8,10-15,18H,1,3,9H2,(H,27,30). The van der Waals surface area contributed by atoms with E-state index in [1.165, 1.54) is 11.3 Å². The lowest BCUT2D eigenvalue weighted by molar-refractivity contribution is 0.104. The minimum atomic E-state index is -0.485. The van der Waals surface area contributed by atoms with E-state index in [1.54, 1.807) is 29.0 Å².